The van der Waals surface area contributed by atoms with Crippen molar-refractivity contribution in [2.24, 2.45) is 23.0 Å². The fourth-order valence-corrected chi connectivity index (χ4v) is 4.00. The lowest BCUT2D eigenvalue weighted by Gasteiger charge is -2.43. The SMILES string of the molecule is CC1CCC(CN)(C(O)CC2CCCCC2)CC1. The molecule has 0 bridgehead atoms. The highest BCUT2D eigenvalue weighted by atomic mass is 16.3. The molecule has 0 aliphatic heterocycles. The van der Waals surface area contributed by atoms with Gasteiger partial charge in [0.05, 0.1) is 6.10 Å². The highest BCUT2D eigenvalue weighted by Crippen LogP contribution is 2.43. The van der Waals surface area contributed by atoms with Crippen molar-refractivity contribution >= 4 is 0 Å². The summed E-state index contributed by atoms with van der Waals surface area (Å²) < 4.78 is 0. The van der Waals surface area contributed by atoms with Crippen molar-refractivity contribution in [3.05, 3.63) is 0 Å². The first-order valence-electron chi connectivity index (χ1n) is 8.04. The van der Waals surface area contributed by atoms with E-state index in [-0.39, 0.29) is 11.5 Å². The van der Waals surface area contributed by atoms with Gasteiger partial charge in [-0.25, -0.2) is 0 Å². The molecule has 2 heteroatoms. The van der Waals surface area contributed by atoms with Crippen LogP contribution in [0.15, 0.2) is 0 Å². The Bertz CT molecular complexity index is 239. The maximum atomic E-state index is 10.7. The minimum atomic E-state index is -0.155. The molecule has 0 saturated heterocycles. The number of hydrogen-bond acceptors (Lipinski definition) is 2. The van der Waals surface area contributed by atoms with Gasteiger partial charge in [0.1, 0.15) is 0 Å². The van der Waals surface area contributed by atoms with Crippen LogP contribution in [-0.4, -0.2) is 17.8 Å². The Balaban J connectivity index is 1.90. The van der Waals surface area contributed by atoms with Gasteiger partial charge in [-0.1, -0.05) is 51.9 Å². The van der Waals surface area contributed by atoms with Gasteiger partial charge < -0.3 is 10.8 Å². The maximum Gasteiger partial charge on any atom is 0.0611 e. The smallest absolute Gasteiger partial charge is 0.0611 e. The molecule has 106 valence electrons. The number of aliphatic hydroxyl groups is 1. The number of aliphatic hydroxyl groups excluding tert-OH is 1. The fourth-order valence-electron chi connectivity index (χ4n) is 4.00. The van der Waals surface area contributed by atoms with E-state index in [9.17, 15) is 5.11 Å². The molecule has 0 amide bonds. The maximum absolute atomic E-state index is 10.7. The third kappa shape index (κ3) is 3.27. The van der Waals surface area contributed by atoms with Gasteiger partial charge >= 0.3 is 0 Å². The van der Waals surface area contributed by atoms with Crippen LogP contribution in [0.1, 0.15) is 71.1 Å². The van der Waals surface area contributed by atoms with Crippen LogP contribution in [0.4, 0.5) is 0 Å². The van der Waals surface area contributed by atoms with E-state index in [1.807, 2.05) is 0 Å². The predicted octanol–water partition coefficient (Wildman–Crippen LogP) is 3.47. The third-order valence-corrected chi connectivity index (χ3v) is 5.66. The normalized spacial score (nSPS) is 36.5. The Labute approximate surface area is 112 Å². The van der Waals surface area contributed by atoms with Crippen molar-refractivity contribution < 1.29 is 5.11 Å². The summed E-state index contributed by atoms with van der Waals surface area (Å²) in [5, 5.41) is 10.7. The molecule has 1 unspecified atom stereocenters. The second kappa shape index (κ2) is 6.38. The molecule has 18 heavy (non-hydrogen) atoms. The van der Waals surface area contributed by atoms with E-state index in [2.05, 4.69) is 6.92 Å². The van der Waals surface area contributed by atoms with Crippen molar-refractivity contribution in [3.8, 4) is 0 Å². The summed E-state index contributed by atoms with van der Waals surface area (Å²) in [5.74, 6) is 1.59. The van der Waals surface area contributed by atoms with Gasteiger partial charge in [-0.05, 0) is 31.1 Å². The predicted molar refractivity (Wildman–Crippen MR) is 76.3 cm³/mol. The molecule has 2 fully saturated rings. The van der Waals surface area contributed by atoms with Crippen LogP contribution >= 0.6 is 0 Å². The van der Waals surface area contributed by atoms with E-state index in [0.29, 0.717) is 6.54 Å². The minimum Gasteiger partial charge on any atom is -0.392 e. The van der Waals surface area contributed by atoms with Gasteiger partial charge in [-0.3, -0.25) is 0 Å². The summed E-state index contributed by atoms with van der Waals surface area (Å²) in [7, 11) is 0. The lowest BCUT2D eigenvalue weighted by Crippen LogP contribution is -2.45. The zero-order chi connectivity index (χ0) is 13.0. The van der Waals surface area contributed by atoms with Gasteiger partial charge in [-0.2, -0.15) is 0 Å². The van der Waals surface area contributed by atoms with Crippen LogP contribution < -0.4 is 5.73 Å². The van der Waals surface area contributed by atoms with E-state index < -0.39 is 0 Å². The van der Waals surface area contributed by atoms with Gasteiger partial charge in [-0.15, -0.1) is 0 Å². The molecule has 3 N–H and O–H groups in total. The summed E-state index contributed by atoms with van der Waals surface area (Å²) in [4.78, 5) is 0. The van der Waals surface area contributed by atoms with E-state index in [4.69, 9.17) is 5.73 Å². The van der Waals surface area contributed by atoms with Crippen LogP contribution in [-0.2, 0) is 0 Å². The monoisotopic (exact) mass is 253 g/mol. The van der Waals surface area contributed by atoms with E-state index in [1.54, 1.807) is 0 Å². The minimum absolute atomic E-state index is 0.0456. The Morgan fingerprint density at radius 2 is 1.72 bits per heavy atom. The molecule has 0 aromatic heterocycles. The highest BCUT2D eigenvalue weighted by molar-refractivity contribution is 4.92. The van der Waals surface area contributed by atoms with Crippen molar-refractivity contribution in [3.63, 3.8) is 0 Å². The van der Waals surface area contributed by atoms with Gasteiger partial charge in [0, 0.05) is 12.0 Å². The second-order valence-corrected chi connectivity index (χ2v) is 7.00. The zero-order valence-electron chi connectivity index (χ0n) is 12.0. The molecule has 0 aromatic rings. The van der Waals surface area contributed by atoms with Crippen LogP contribution in [0, 0.1) is 17.3 Å². The Kier molecular flexibility index (Phi) is 5.08. The van der Waals surface area contributed by atoms with Crippen LogP contribution in [0.5, 0.6) is 0 Å². The molecule has 1 atom stereocenters. The quantitative estimate of drug-likeness (QED) is 0.806. The molecule has 0 aromatic carbocycles. The molecule has 2 saturated carbocycles. The summed E-state index contributed by atoms with van der Waals surface area (Å²) in [6.07, 6.45) is 12.4. The molecular formula is C16H31NO. The topological polar surface area (TPSA) is 46.2 Å². The molecule has 2 aliphatic rings. The fraction of sp³-hybridized carbons (Fsp3) is 1.00. The first-order valence-corrected chi connectivity index (χ1v) is 8.04. The molecular weight excluding hydrogens is 222 g/mol. The summed E-state index contributed by atoms with van der Waals surface area (Å²) in [6.45, 7) is 3.00. The summed E-state index contributed by atoms with van der Waals surface area (Å²) >= 11 is 0. The third-order valence-electron chi connectivity index (χ3n) is 5.66. The lowest BCUT2D eigenvalue weighted by atomic mass is 9.65. The van der Waals surface area contributed by atoms with Gasteiger partial charge in [0.25, 0.3) is 0 Å². The number of rotatable bonds is 4. The van der Waals surface area contributed by atoms with Crippen molar-refractivity contribution in [1.82, 2.24) is 0 Å². The van der Waals surface area contributed by atoms with Gasteiger partial charge in [0.2, 0.25) is 0 Å². The Morgan fingerprint density at radius 1 is 1.11 bits per heavy atom. The molecule has 0 radical (unpaired) electrons. The zero-order valence-corrected chi connectivity index (χ0v) is 12.0. The summed E-state index contributed by atoms with van der Waals surface area (Å²) in [5.41, 5.74) is 6.08. The van der Waals surface area contributed by atoms with Crippen LogP contribution in [0.25, 0.3) is 0 Å². The largest absolute Gasteiger partial charge is 0.392 e. The van der Waals surface area contributed by atoms with Crippen LogP contribution in [0.3, 0.4) is 0 Å². The first kappa shape index (κ1) is 14.3. The standard InChI is InChI=1S/C16H31NO/c1-13-7-9-16(12-17,10-8-13)15(18)11-14-5-3-2-4-6-14/h13-15,18H,2-12,17H2,1H3. The number of hydrogen-bond donors (Lipinski definition) is 2. The number of nitrogens with two attached hydrogens (primary N) is 1. The summed E-state index contributed by atoms with van der Waals surface area (Å²) in [6, 6.07) is 0. The Morgan fingerprint density at radius 3 is 2.28 bits per heavy atom. The molecule has 2 rings (SSSR count). The van der Waals surface area contributed by atoms with Gasteiger partial charge in [0.15, 0.2) is 0 Å². The van der Waals surface area contributed by atoms with E-state index >= 15 is 0 Å². The molecule has 2 aliphatic carbocycles. The lowest BCUT2D eigenvalue weighted by molar-refractivity contribution is -0.0236. The van der Waals surface area contributed by atoms with Crippen molar-refractivity contribution in [1.29, 1.82) is 0 Å². The molecule has 0 heterocycles. The van der Waals surface area contributed by atoms with E-state index in [0.717, 1.165) is 31.1 Å². The van der Waals surface area contributed by atoms with Crippen molar-refractivity contribution in [2.75, 3.05) is 6.54 Å². The second-order valence-electron chi connectivity index (χ2n) is 7.00. The molecule has 2 nitrogen and oxygen atoms in total. The first-order chi connectivity index (χ1) is 8.66. The van der Waals surface area contributed by atoms with E-state index in [1.165, 1.54) is 44.9 Å². The highest BCUT2D eigenvalue weighted by Gasteiger charge is 2.40. The van der Waals surface area contributed by atoms with Crippen molar-refractivity contribution in [2.45, 2.75) is 77.2 Å². The molecule has 0 spiro atoms. The average molecular weight is 253 g/mol. The Hall–Kier alpha value is -0.0800. The van der Waals surface area contributed by atoms with Crippen LogP contribution in [0.2, 0.25) is 0 Å². The average Bonchev–Trinajstić information content (AvgIpc) is 2.41.